The first-order chi connectivity index (χ1) is 12.8. The fraction of sp³-hybridized carbons (Fsp3) is 0.368. The van der Waals surface area contributed by atoms with E-state index in [1.165, 1.54) is 29.3 Å². The average molecular weight is 381 g/mol. The van der Waals surface area contributed by atoms with Gasteiger partial charge in [0.05, 0.1) is 17.2 Å². The highest BCUT2D eigenvalue weighted by Crippen LogP contribution is 2.36. The molecule has 1 aromatic heterocycles. The maximum absolute atomic E-state index is 13.9. The Bertz CT molecular complexity index is 838. The smallest absolute Gasteiger partial charge is 0.355 e. The van der Waals surface area contributed by atoms with Crippen molar-refractivity contribution in [3.63, 3.8) is 0 Å². The molecule has 4 nitrogen and oxygen atoms in total. The number of hydrogen-bond donors (Lipinski definition) is 1. The van der Waals surface area contributed by atoms with E-state index < -0.39 is 29.4 Å². The number of rotatable bonds is 3. The molecule has 0 aliphatic carbocycles. The monoisotopic (exact) mass is 381 g/mol. The first-order valence-electron chi connectivity index (χ1n) is 8.60. The predicted molar refractivity (Wildman–Crippen MR) is 93.9 cm³/mol. The van der Waals surface area contributed by atoms with Crippen molar-refractivity contribution >= 4 is 17.4 Å². The van der Waals surface area contributed by atoms with Gasteiger partial charge in [-0.05, 0) is 49.6 Å². The van der Waals surface area contributed by atoms with Crippen molar-refractivity contribution in [3.8, 4) is 0 Å². The Hall–Kier alpha value is -2.64. The summed E-state index contributed by atoms with van der Waals surface area (Å²) in [7, 11) is 0. The number of nitrogens with one attached hydrogen (secondary N) is 1. The molecular weight excluding hydrogens is 362 g/mol. The second-order valence-electron chi connectivity index (χ2n) is 6.63. The van der Waals surface area contributed by atoms with Crippen molar-refractivity contribution < 1.29 is 22.4 Å². The van der Waals surface area contributed by atoms with Gasteiger partial charge in [0.2, 0.25) is 5.91 Å². The average Bonchev–Trinajstić information content (AvgIpc) is 2.63. The van der Waals surface area contributed by atoms with Crippen LogP contribution in [0, 0.1) is 18.7 Å². The number of pyridine rings is 1. The molecule has 0 radical (unpaired) electrons. The lowest BCUT2D eigenvalue weighted by Crippen LogP contribution is -2.42. The van der Waals surface area contributed by atoms with Crippen LogP contribution in [-0.4, -0.2) is 24.0 Å². The van der Waals surface area contributed by atoms with Crippen LogP contribution in [0.15, 0.2) is 36.5 Å². The van der Waals surface area contributed by atoms with E-state index in [1.807, 2.05) is 0 Å². The van der Waals surface area contributed by atoms with Crippen molar-refractivity contribution in [1.82, 2.24) is 4.98 Å². The van der Waals surface area contributed by atoms with Crippen LogP contribution < -0.4 is 10.2 Å². The summed E-state index contributed by atoms with van der Waals surface area (Å²) < 4.78 is 53.7. The molecule has 8 heteroatoms. The first-order valence-corrected chi connectivity index (χ1v) is 8.60. The Balaban J connectivity index is 1.76. The van der Waals surface area contributed by atoms with Gasteiger partial charge in [-0.25, -0.2) is 9.37 Å². The van der Waals surface area contributed by atoms with E-state index in [1.54, 1.807) is 13.0 Å². The third-order valence-electron chi connectivity index (χ3n) is 4.57. The lowest BCUT2D eigenvalue weighted by Gasteiger charge is -2.34. The van der Waals surface area contributed by atoms with Crippen molar-refractivity contribution in [2.24, 2.45) is 5.92 Å². The number of anilines is 2. The predicted octanol–water partition coefficient (Wildman–Crippen LogP) is 4.40. The van der Waals surface area contributed by atoms with Gasteiger partial charge in [0.25, 0.3) is 0 Å². The number of carbonyl (C=O) groups excluding carboxylic acids is 1. The Morgan fingerprint density at radius 3 is 2.78 bits per heavy atom. The second kappa shape index (κ2) is 7.54. The minimum absolute atomic E-state index is 0.0662. The number of hydrogen-bond acceptors (Lipinski definition) is 3. The molecular formula is C19H19F4N3O. The Morgan fingerprint density at radius 2 is 2.07 bits per heavy atom. The van der Waals surface area contributed by atoms with Crippen molar-refractivity contribution in [1.29, 1.82) is 0 Å². The van der Waals surface area contributed by atoms with E-state index in [0.29, 0.717) is 19.4 Å². The normalized spacial score (nSPS) is 17.7. The zero-order chi connectivity index (χ0) is 19.6. The van der Waals surface area contributed by atoms with Crippen LogP contribution in [0.25, 0.3) is 0 Å². The van der Waals surface area contributed by atoms with Crippen molar-refractivity contribution in [2.75, 3.05) is 23.3 Å². The summed E-state index contributed by atoms with van der Waals surface area (Å²) in [5.41, 5.74) is -0.0312. The van der Waals surface area contributed by atoms with Crippen molar-refractivity contribution in [2.45, 2.75) is 25.9 Å². The molecule has 1 fully saturated rings. The third kappa shape index (κ3) is 4.37. The van der Waals surface area contributed by atoms with Crippen LogP contribution >= 0.6 is 0 Å². The van der Waals surface area contributed by atoms with Crippen LogP contribution in [0.2, 0.25) is 0 Å². The molecule has 1 amide bonds. The Labute approximate surface area is 154 Å². The zero-order valence-electron chi connectivity index (χ0n) is 14.7. The minimum atomic E-state index is -4.52. The van der Waals surface area contributed by atoms with Gasteiger partial charge >= 0.3 is 6.18 Å². The zero-order valence-corrected chi connectivity index (χ0v) is 14.7. The quantitative estimate of drug-likeness (QED) is 0.802. The molecule has 0 saturated carbocycles. The van der Waals surface area contributed by atoms with Crippen LogP contribution in [0.3, 0.4) is 0 Å². The van der Waals surface area contributed by atoms with Crippen LogP contribution in [0.1, 0.15) is 24.0 Å². The van der Waals surface area contributed by atoms with Gasteiger partial charge < -0.3 is 10.2 Å². The lowest BCUT2D eigenvalue weighted by molar-refractivity contribution is -0.137. The first kappa shape index (κ1) is 19.1. The van der Waals surface area contributed by atoms with E-state index in [0.717, 1.165) is 11.6 Å². The molecule has 3 rings (SSSR count). The van der Waals surface area contributed by atoms with Gasteiger partial charge in [-0.15, -0.1) is 0 Å². The largest absolute Gasteiger partial charge is 0.419 e. The van der Waals surface area contributed by atoms with Crippen LogP contribution in [0.5, 0.6) is 0 Å². The topological polar surface area (TPSA) is 45.2 Å². The number of halogens is 4. The summed E-state index contributed by atoms with van der Waals surface area (Å²) >= 11 is 0. The van der Waals surface area contributed by atoms with E-state index >= 15 is 0 Å². The fourth-order valence-corrected chi connectivity index (χ4v) is 3.21. The summed E-state index contributed by atoms with van der Waals surface area (Å²) in [6.45, 7) is 2.21. The van der Waals surface area contributed by atoms with E-state index in [2.05, 4.69) is 10.3 Å². The highest BCUT2D eigenvalue weighted by atomic mass is 19.4. The molecule has 1 N–H and O–H groups in total. The summed E-state index contributed by atoms with van der Waals surface area (Å²) in [5.74, 6) is -1.68. The van der Waals surface area contributed by atoms with E-state index in [4.69, 9.17) is 0 Å². The molecule has 144 valence electrons. The van der Waals surface area contributed by atoms with Gasteiger partial charge in [0.15, 0.2) is 0 Å². The second-order valence-corrected chi connectivity index (χ2v) is 6.63. The number of aromatic nitrogens is 1. The van der Waals surface area contributed by atoms with Crippen LogP contribution in [0.4, 0.5) is 29.1 Å². The molecule has 2 aromatic rings. The number of carbonyl (C=O) groups is 1. The summed E-state index contributed by atoms with van der Waals surface area (Å²) in [4.78, 5) is 17.9. The van der Waals surface area contributed by atoms with Gasteiger partial charge in [-0.2, -0.15) is 13.2 Å². The standard InChI is InChI=1S/C19H19F4N3O/c1-12-6-7-16(15(20)10-12)25-18(27)13-4-3-9-26(11-13)17-14(19(21,22)23)5-2-8-24-17/h2,5-8,10,13H,3-4,9,11H2,1H3,(H,25,27). The van der Waals surface area contributed by atoms with Crippen LogP contribution in [-0.2, 0) is 11.0 Å². The molecule has 1 aliphatic rings. The minimum Gasteiger partial charge on any atom is -0.355 e. The van der Waals surface area contributed by atoms with Gasteiger partial charge in [0.1, 0.15) is 11.6 Å². The molecule has 1 aromatic carbocycles. The number of amides is 1. The Morgan fingerprint density at radius 1 is 1.30 bits per heavy atom. The molecule has 1 saturated heterocycles. The highest BCUT2D eigenvalue weighted by Gasteiger charge is 2.37. The molecule has 1 atom stereocenters. The Kier molecular flexibility index (Phi) is 5.34. The molecule has 0 bridgehead atoms. The number of nitrogens with zero attached hydrogens (tertiary/aromatic N) is 2. The molecule has 2 heterocycles. The molecule has 0 spiro atoms. The maximum Gasteiger partial charge on any atom is 0.419 e. The van der Waals surface area contributed by atoms with Gasteiger partial charge in [-0.3, -0.25) is 4.79 Å². The van der Waals surface area contributed by atoms with Gasteiger partial charge in [-0.1, -0.05) is 6.07 Å². The molecule has 27 heavy (non-hydrogen) atoms. The van der Waals surface area contributed by atoms with Crippen molar-refractivity contribution in [3.05, 3.63) is 53.5 Å². The number of alkyl halides is 3. The maximum atomic E-state index is 13.9. The lowest BCUT2D eigenvalue weighted by atomic mass is 9.96. The van der Waals surface area contributed by atoms with E-state index in [-0.39, 0.29) is 18.1 Å². The SMILES string of the molecule is Cc1ccc(NC(=O)C2CCCN(c3ncccc3C(F)(F)F)C2)c(F)c1. The summed E-state index contributed by atoms with van der Waals surface area (Å²) in [6.07, 6.45) is -2.16. The summed E-state index contributed by atoms with van der Waals surface area (Å²) in [6, 6.07) is 6.68. The molecule has 1 unspecified atom stereocenters. The molecule has 1 aliphatic heterocycles. The third-order valence-corrected chi connectivity index (χ3v) is 4.57. The number of piperidine rings is 1. The summed E-state index contributed by atoms with van der Waals surface area (Å²) in [5, 5.41) is 2.54. The fourth-order valence-electron chi connectivity index (χ4n) is 3.21. The number of aryl methyl sites for hydroxylation is 1. The van der Waals surface area contributed by atoms with Gasteiger partial charge in [0, 0.05) is 19.3 Å². The highest BCUT2D eigenvalue weighted by molar-refractivity contribution is 5.93. The van der Waals surface area contributed by atoms with E-state index in [9.17, 15) is 22.4 Å². The number of benzene rings is 1.